The summed E-state index contributed by atoms with van der Waals surface area (Å²) in [5, 5.41) is 3.15. The summed E-state index contributed by atoms with van der Waals surface area (Å²) in [5.41, 5.74) is 0. The third-order valence-corrected chi connectivity index (χ3v) is 4.50. The summed E-state index contributed by atoms with van der Waals surface area (Å²) in [5.74, 6) is 0.197. The highest BCUT2D eigenvalue weighted by molar-refractivity contribution is 7.87. The fourth-order valence-corrected chi connectivity index (χ4v) is 3.26. The lowest BCUT2D eigenvalue weighted by atomic mass is 9.96. The quantitative estimate of drug-likeness (QED) is 0.751. The number of amides is 1. The molecule has 1 rings (SSSR count). The fraction of sp³-hybridized carbons (Fsp3) is 0.900. The van der Waals surface area contributed by atoms with Gasteiger partial charge in [-0.1, -0.05) is 6.92 Å². The predicted octanol–water partition coefficient (Wildman–Crippen LogP) is -0.0929. The van der Waals surface area contributed by atoms with Gasteiger partial charge in [-0.05, 0) is 26.3 Å². The van der Waals surface area contributed by atoms with Crippen LogP contribution in [-0.4, -0.2) is 51.6 Å². The van der Waals surface area contributed by atoms with Crippen molar-refractivity contribution in [1.82, 2.24) is 14.3 Å². The minimum absolute atomic E-state index is 0.138. The molecular weight excluding hydrogens is 258 g/mol. The summed E-state index contributed by atoms with van der Waals surface area (Å²) < 4.78 is 31.6. The highest BCUT2D eigenvalue weighted by Gasteiger charge is 2.32. The molecule has 1 saturated heterocycles. The zero-order valence-electron chi connectivity index (χ0n) is 11.0. The van der Waals surface area contributed by atoms with E-state index >= 15 is 0 Å². The molecule has 2 atom stereocenters. The van der Waals surface area contributed by atoms with E-state index < -0.39 is 16.3 Å². The molecule has 0 aromatic heterocycles. The van der Waals surface area contributed by atoms with Crippen LogP contribution in [0.25, 0.3) is 0 Å². The monoisotopic (exact) mass is 279 g/mol. The first-order valence-electron chi connectivity index (χ1n) is 6.02. The Morgan fingerprint density at radius 1 is 1.50 bits per heavy atom. The Balaban J connectivity index is 2.61. The highest BCUT2D eigenvalue weighted by atomic mass is 32.2. The van der Waals surface area contributed by atoms with Crippen molar-refractivity contribution in [3.63, 3.8) is 0 Å². The van der Waals surface area contributed by atoms with Gasteiger partial charge >= 0.3 is 16.3 Å². The van der Waals surface area contributed by atoms with Crippen molar-refractivity contribution >= 4 is 16.3 Å². The Labute approximate surface area is 108 Å². The normalized spacial score (nSPS) is 25.7. The summed E-state index contributed by atoms with van der Waals surface area (Å²) >= 11 is 0. The van der Waals surface area contributed by atoms with Crippen LogP contribution in [0.1, 0.15) is 20.3 Å². The van der Waals surface area contributed by atoms with Gasteiger partial charge in [0.05, 0.1) is 6.61 Å². The molecule has 8 heteroatoms. The number of carbonyl (C=O) groups is 1. The highest BCUT2D eigenvalue weighted by Crippen LogP contribution is 2.18. The molecule has 1 aliphatic heterocycles. The second-order valence-electron chi connectivity index (χ2n) is 4.35. The molecule has 7 nitrogen and oxygen atoms in total. The van der Waals surface area contributed by atoms with Crippen LogP contribution in [0.15, 0.2) is 0 Å². The van der Waals surface area contributed by atoms with Gasteiger partial charge in [0.25, 0.3) is 0 Å². The van der Waals surface area contributed by atoms with Crippen molar-refractivity contribution in [3.8, 4) is 0 Å². The smallest absolute Gasteiger partial charge is 0.421 e. The van der Waals surface area contributed by atoms with Gasteiger partial charge in [0.15, 0.2) is 0 Å². The molecule has 0 aliphatic carbocycles. The maximum atomic E-state index is 11.9. The van der Waals surface area contributed by atoms with E-state index in [0.29, 0.717) is 19.1 Å². The molecule has 1 heterocycles. The maximum absolute atomic E-state index is 11.9. The van der Waals surface area contributed by atoms with E-state index in [-0.39, 0.29) is 12.5 Å². The zero-order valence-corrected chi connectivity index (χ0v) is 11.8. The molecule has 0 aromatic carbocycles. The van der Waals surface area contributed by atoms with E-state index in [1.54, 1.807) is 6.92 Å². The van der Waals surface area contributed by atoms with Crippen molar-refractivity contribution in [2.75, 3.05) is 26.7 Å². The van der Waals surface area contributed by atoms with E-state index in [1.807, 2.05) is 18.7 Å². The summed E-state index contributed by atoms with van der Waals surface area (Å²) in [4.78, 5) is 11.2. The van der Waals surface area contributed by atoms with Crippen LogP contribution in [0.5, 0.6) is 0 Å². The second kappa shape index (κ2) is 6.35. The molecule has 1 fully saturated rings. The molecule has 0 radical (unpaired) electrons. The summed E-state index contributed by atoms with van der Waals surface area (Å²) in [6.45, 7) is 4.52. The lowest BCUT2D eigenvalue weighted by Crippen LogP contribution is -2.53. The van der Waals surface area contributed by atoms with E-state index in [1.165, 1.54) is 4.31 Å². The van der Waals surface area contributed by atoms with Crippen LogP contribution in [0.3, 0.4) is 0 Å². The van der Waals surface area contributed by atoms with Crippen LogP contribution in [0.2, 0.25) is 0 Å². The Morgan fingerprint density at radius 3 is 2.67 bits per heavy atom. The van der Waals surface area contributed by atoms with Crippen molar-refractivity contribution in [1.29, 1.82) is 0 Å². The summed E-state index contributed by atoms with van der Waals surface area (Å²) in [6.07, 6.45) is -0.206. The van der Waals surface area contributed by atoms with Crippen LogP contribution in [-0.2, 0) is 14.9 Å². The van der Waals surface area contributed by atoms with Gasteiger partial charge in [-0.25, -0.2) is 9.52 Å². The fourth-order valence-electron chi connectivity index (χ4n) is 2.08. The number of ether oxygens (including phenoxy) is 1. The van der Waals surface area contributed by atoms with E-state index in [0.717, 1.165) is 6.42 Å². The summed E-state index contributed by atoms with van der Waals surface area (Å²) in [6, 6.07) is 0.305. The first-order chi connectivity index (χ1) is 8.40. The van der Waals surface area contributed by atoms with Gasteiger partial charge in [-0.3, -0.25) is 0 Å². The van der Waals surface area contributed by atoms with Gasteiger partial charge in [-0.2, -0.15) is 12.7 Å². The average Bonchev–Trinajstić information content (AvgIpc) is 2.28. The summed E-state index contributed by atoms with van der Waals surface area (Å²) in [7, 11) is -1.93. The molecular formula is C10H21N3O4S. The topological polar surface area (TPSA) is 87.7 Å². The van der Waals surface area contributed by atoms with Crippen molar-refractivity contribution in [3.05, 3.63) is 0 Å². The molecule has 2 unspecified atom stereocenters. The van der Waals surface area contributed by atoms with Crippen LogP contribution < -0.4 is 10.0 Å². The van der Waals surface area contributed by atoms with E-state index in [2.05, 4.69) is 10.1 Å². The first-order valence-corrected chi connectivity index (χ1v) is 7.46. The van der Waals surface area contributed by atoms with Crippen molar-refractivity contribution < 1.29 is 17.9 Å². The molecule has 0 saturated carbocycles. The molecule has 18 heavy (non-hydrogen) atoms. The Hall–Kier alpha value is -0.860. The second-order valence-corrected chi connectivity index (χ2v) is 6.02. The largest absolute Gasteiger partial charge is 0.449 e. The van der Waals surface area contributed by atoms with Crippen molar-refractivity contribution in [2.24, 2.45) is 5.92 Å². The number of nitrogens with one attached hydrogen (secondary N) is 2. The number of rotatable bonds is 4. The Kier molecular flexibility index (Phi) is 5.36. The lowest BCUT2D eigenvalue weighted by molar-refractivity contribution is 0.157. The SMILES string of the molecule is CCOC(=O)NS(=O)(=O)N1CCC(NC)C(C)C1. The molecule has 1 aliphatic rings. The maximum Gasteiger partial charge on any atom is 0.421 e. The van der Waals surface area contributed by atoms with E-state index in [9.17, 15) is 13.2 Å². The first kappa shape index (κ1) is 15.2. The van der Waals surface area contributed by atoms with E-state index in [4.69, 9.17) is 0 Å². The predicted molar refractivity (Wildman–Crippen MR) is 67.3 cm³/mol. The standard InChI is InChI=1S/C10H21N3O4S/c1-4-17-10(14)12-18(15,16)13-6-5-9(11-3)8(2)7-13/h8-9,11H,4-7H2,1-3H3,(H,12,14). The third-order valence-electron chi connectivity index (χ3n) is 3.07. The van der Waals surface area contributed by atoms with Gasteiger partial charge < -0.3 is 10.1 Å². The minimum Gasteiger partial charge on any atom is -0.449 e. The van der Waals surface area contributed by atoms with Gasteiger partial charge in [0.1, 0.15) is 0 Å². The Morgan fingerprint density at radius 2 is 2.17 bits per heavy atom. The lowest BCUT2D eigenvalue weighted by Gasteiger charge is -2.35. The van der Waals surface area contributed by atoms with Gasteiger partial charge in [0.2, 0.25) is 0 Å². The number of piperidine rings is 1. The molecule has 0 spiro atoms. The third kappa shape index (κ3) is 3.82. The van der Waals surface area contributed by atoms with Crippen LogP contribution >= 0.6 is 0 Å². The van der Waals surface area contributed by atoms with Crippen molar-refractivity contribution in [2.45, 2.75) is 26.3 Å². The number of nitrogens with zero attached hydrogens (tertiary/aromatic N) is 1. The molecule has 106 valence electrons. The number of carbonyl (C=O) groups excluding carboxylic acids is 1. The Bertz CT molecular complexity index is 385. The zero-order chi connectivity index (χ0) is 13.8. The number of hydrogen-bond acceptors (Lipinski definition) is 5. The van der Waals surface area contributed by atoms with Gasteiger partial charge in [-0.15, -0.1) is 0 Å². The molecule has 1 amide bonds. The molecule has 2 N–H and O–H groups in total. The van der Waals surface area contributed by atoms with Gasteiger partial charge in [0, 0.05) is 19.1 Å². The number of hydrogen-bond donors (Lipinski definition) is 2. The average molecular weight is 279 g/mol. The van der Waals surface area contributed by atoms with Crippen LogP contribution in [0, 0.1) is 5.92 Å². The minimum atomic E-state index is -3.79. The van der Waals surface area contributed by atoms with Crippen LogP contribution in [0.4, 0.5) is 4.79 Å². The molecule has 0 bridgehead atoms. The molecule has 0 aromatic rings.